The van der Waals surface area contributed by atoms with Crippen molar-refractivity contribution in [2.24, 2.45) is 0 Å². The Morgan fingerprint density at radius 1 is 1.17 bits per heavy atom. The highest BCUT2D eigenvalue weighted by atomic mass is 16.3. The summed E-state index contributed by atoms with van der Waals surface area (Å²) in [5.74, 6) is 0.892. The summed E-state index contributed by atoms with van der Waals surface area (Å²) in [5.41, 5.74) is 6.52. The third-order valence-electron chi connectivity index (χ3n) is 4.32. The Balaban J connectivity index is 1.77. The molecule has 0 fully saturated rings. The molecule has 0 saturated heterocycles. The number of nitrogens with one attached hydrogen (secondary N) is 1. The van der Waals surface area contributed by atoms with E-state index in [1.807, 2.05) is 37.3 Å². The molecule has 6 nitrogen and oxygen atoms in total. The summed E-state index contributed by atoms with van der Waals surface area (Å²) in [6.45, 7) is 3.77. The molecule has 3 aromatic heterocycles. The van der Waals surface area contributed by atoms with Crippen LogP contribution in [0, 0.1) is 6.92 Å². The summed E-state index contributed by atoms with van der Waals surface area (Å²) in [4.78, 5) is 13.7. The second-order valence-electron chi connectivity index (χ2n) is 5.91. The van der Waals surface area contributed by atoms with Crippen LogP contribution < -0.4 is 5.32 Å². The van der Waals surface area contributed by atoms with E-state index < -0.39 is 0 Å². The SMILES string of the molecule is Cc1cccc(-c2nc3n(c2-c2ccc4ocnc4c2)CCN3)n1. The van der Waals surface area contributed by atoms with E-state index in [4.69, 9.17) is 9.40 Å². The minimum Gasteiger partial charge on any atom is -0.443 e. The normalized spacial score (nSPS) is 13.2. The van der Waals surface area contributed by atoms with Crippen LogP contribution in [0.25, 0.3) is 33.7 Å². The van der Waals surface area contributed by atoms with Crippen molar-refractivity contribution in [3.05, 3.63) is 48.5 Å². The fraction of sp³-hybridized carbons (Fsp3) is 0.167. The number of pyridine rings is 1. The number of benzene rings is 1. The number of hydrogen-bond acceptors (Lipinski definition) is 5. The molecule has 1 aliphatic heterocycles. The lowest BCUT2D eigenvalue weighted by atomic mass is 10.1. The Bertz CT molecular complexity index is 1060. The van der Waals surface area contributed by atoms with Gasteiger partial charge in [0.15, 0.2) is 12.0 Å². The van der Waals surface area contributed by atoms with E-state index in [9.17, 15) is 0 Å². The van der Waals surface area contributed by atoms with Crippen LogP contribution in [-0.2, 0) is 6.54 Å². The Morgan fingerprint density at radius 3 is 3.04 bits per heavy atom. The van der Waals surface area contributed by atoms with Gasteiger partial charge in [0.05, 0.1) is 11.4 Å². The van der Waals surface area contributed by atoms with Gasteiger partial charge in [0, 0.05) is 24.3 Å². The summed E-state index contributed by atoms with van der Waals surface area (Å²) in [7, 11) is 0. The van der Waals surface area contributed by atoms with Gasteiger partial charge in [-0.25, -0.2) is 9.97 Å². The van der Waals surface area contributed by atoms with Crippen molar-refractivity contribution in [2.45, 2.75) is 13.5 Å². The third kappa shape index (κ3) is 1.93. The maximum atomic E-state index is 5.36. The van der Waals surface area contributed by atoms with Crippen molar-refractivity contribution >= 4 is 17.0 Å². The van der Waals surface area contributed by atoms with Crippen LogP contribution in [0.4, 0.5) is 5.95 Å². The maximum Gasteiger partial charge on any atom is 0.204 e. The van der Waals surface area contributed by atoms with Gasteiger partial charge in [0.25, 0.3) is 0 Å². The third-order valence-corrected chi connectivity index (χ3v) is 4.32. The second kappa shape index (κ2) is 4.92. The Labute approximate surface area is 138 Å². The quantitative estimate of drug-likeness (QED) is 0.613. The predicted molar refractivity (Wildman–Crippen MR) is 91.7 cm³/mol. The number of fused-ring (bicyclic) bond motifs is 2. The lowest BCUT2D eigenvalue weighted by molar-refractivity contribution is 0.602. The fourth-order valence-electron chi connectivity index (χ4n) is 3.24. The molecule has 6 heteroatoms. The van der Waals surface area contributed by atoms with Crippen LogP contribution in [0.2, 0.25) is 0 Å². The molecule has 0 aliphatic carbocycles. The molecular formula is C18H15N5O. The number of anilines is 1. The van der Waals surface area contributed by atoms with Crippen molar-refractivity contribution in [1.29, 1.82) is 0 Å². The van der Waals surface area contributed by atoms with Gasteiger partial charge < -0.3 is 14.3 Å². The fourth-order valence-corrected chi connectivity index (χ4v) is 3.24. The van der Waals surface area contributed by atoms with Crippen molar-refractivity contribution in [3.8, 4) is 22.6 Å². The van der Waals surface area contributed by atoms with Gasteiger partial charge in [0.2, 0.25) is 5.95 Å². The lowest BCUT2D eigenvalue weighted by Gasteiger charge is -2.08. The first-order valence-electron chi connectivity index (χ1n) is 7.92. The molecule has 0 radical (unpaired) electrons. The van der Waals surface area contributed by atoms with Gasteiger partial charge in [-0.1, -0.05) is 6.07 Å². The number of rotatable bonds is 2. The standard InChI is InChI=1S/C18H15N5O/c1-11-3-2-4-13(21-11)16-17(23-8-7-19-18(23)22-16)12-5-6-15-14(9-12)20-10-24-15/h2-6,9-10H,7-8H2,1H3,(H,19,22). The molecule has 0 saturated carbocycles. The summed E-state index contributed by atoms with van der Waals surface area (Å²) < 4.78 is 7.56. The van der Waals surface area contributed by atoms with E-state index >= 15 is 0 Å². The highest BCUT2D eigenvalue weighted by Crippen LogP contribution is 2.36. The average molecular weight is 317 g/mol. The van der Waals surface area contributed by atoms with Crippen molar-refractivity contribution in [3.63, 3.8) is 0 Å². The predicted octanol–water partition coefficient (Wildman–Crippen LogP) is 3.49. The number of aromatic nitrogens is 4. The van der Waals surface area contributed by atoms with Crippen molar-refractivity contribution < 1.29 is 4.42 Å². The number of hydrogen-bond donors (Lipinski definition) is 1. The first-order valence-corrected chi connectivity index (χ1v) is 7.92. The molecule has 24 heavy (non-hydrogen) atoms. The Morgan fingerprint density at radius 2 is 2.12 bits per heavy atom. The molecular weight excluding hydrogens is 302 g/mol. The van der Waals surface area contributed by atoms with E-state index in [-0.39, 0.29) is 0 Å². The maximum absolute atomic E-state index is 5.36. The van der Waals surface area contributed by atoms with E-state index in [2.05, 4.69) is 25.9 Å². The molecule has 1 N–H and O–H groups in total. The smallest absolute Gasteiger partial charge is 0.204 e. The van der Waals surface area contributed by atoms with Gasteiger partial charge in [-0.15, -0.1) is 0 Å². The summed E-state index contributed by atoms with van der Waals surface area (Å²) in [5, 5.41) is 3.34. The molecule has 1 aromatic carbocycles. The molecule has 5 rings (SSSR count). The van der Waals surface area contributed by atoms with E-state index in [0.29, 0.717) is 0 Å². The minimum absolute atomic E-state index is 0.785. The zero-order valence-electron chi connectivity index (χ0n) is 13.2. The first-order chi connectivity index (χ1) is 11.8. The summed E-state index contributed by atoms with van der Waals surface area (Å²) >= 11 is 0. The average Bonchev–Trinajstić information content (AvgIpc) is 3.29. The number of imidazole rings is 1. The highest BCUT2D eigenvalue weighted by molar-refractivity contribution is 5.85. The molecule has 0 amide bonds. The monoisotopic (exact) mass is 317 g/mol. The lowest BCUT2D eigenvalue weighted by Crippen LogP contribution is -1.99. The summed E-state index contributed by atoms with van der Waals surface area (Å²) in [6.07, 6.45) is 1.47. The van der Waals surface area contributed by atoms with E-state index in [1.165, 1.54) is 6.39 Å². The van der Waals surface area contributed by atoms with Gasteiger partial charge in [-0.3, -0.25) is 4.98 Å². The molecule has 0 spiro atoms. The largest absolute Gasteiger partial charge is 0.443 e. The zero-order valence-corrected chi connectivity index (χ0v) is 13.2. The van der Waals surface area contributed by atoms with Crippen LogP contribution in [0.5, 0.6) is 0 Å². The van der Waals surface area contributed by atoms with Crippen LogP contribution in [0.15, 0.2) is 47.2 Å². The molecule has 4 heterocycles. The van der Waals surface area contributed by atoms with Crippen LogP contribution in [0.3, 0.4) is 0 Å². The number of oxazole rings is 1. The van der Waals surface area contributed by atoms with Gasteiger partial charge in [-0.05, 0) is 37.3 Å². The highest BCUT2D eigenvalue weighted by Gasteiger charge is 2.24. The van der Waals surface area contributed by atoms with Crippen molar-refractivity contribution in [2.75, 3.05) is 11.9 Å². The molecule has 0 atom stereocenters. The topological polar surface area (TPSA) is 68.8 Å². The van der Waals surface area contributed by atoms with Crippen LogP contribution in [0.1, 0.15) is 5.69 Å². The minimum atomic E-state index is 0.785. The summed E-state index contributed by atoms with van der Waals surface area (Å²) in [6, 6.07) is 12.1. The zero-order chi connectivity index (χ0) is 16.1. The number of nitrogens with zero attached hydrogens (tertiary/aromatic N) is 4. The Hall–Kier alpha value is -3.15. The Kier molecular flexibility index (Phi) is 2.73. The first kappa shape index (κ1) is 13.3. The van der Waals surface area contributed by atoms with Crippen molar-refractivity contribution in [1.82, 2.24) is 19.5 Å². The molecule has 0 bridgehead atoms. The molecule has 4 aromatic rings. The number of aryl methyl sites for hydroxylation is 1. The van der Waals surface area contributed by atoms with Crippen LogP contribution >= 0.6 is 0 Å². The van der Waals surface area contributed by atoms with Gasteiger partial charge in [0.1, 0.15) is 11.2 Å². The van der Waals surface area contributed by atoms with E-state index in [1.54, 1.807) is 0 Å². The second-order valence-corrected chi connectivity index (χ2v) is 5.91. The molecule has 118 valence electrons. The van der Waals surface area contributed by atoms with E-state index in [0.717, 1.165) is 58.5 Å². The van der Waals surface area contributed by atoms with Gasteiger partial charge >= 0.3 is 0 Å². The molecule has 1 aliphatic rings. The molecule has 0 unspecified atom stereocenters. The van der Waals surface area contributed by atoms with Gasteiger partial charge in [-0.2, -0.15) is 0 Å². The van der Waals surface area contributed by atoms with Crippen LogP contribution in [-0.4, -0.2) is 26.1 Å².